The Morgan fingerprint density at radius 2 is 2.29 bits per heavy atom. The highest BCUT2D eigenvalue weighted by Gasteiger charge is 2.07. The van der Waals surface area contributed by atoms with Gasteiger partial charge in [0.25, 0.3) is 5.91 Å². The predicted molar refractivity (Wildman–Crippen MR) is 55.0 cm³/mol. The molecule has 0 unspecified atom stereocenters. The lowest BCUT2D eigenvalue weighted by atomic mass is 10.2. The first-order chi connectivity index (χ1) is 6.65. The van der Waals surface area contributed by atoms with Crippen molar-refractivity contribution in [2.75, 3.05) is 20.6 Å². The molecule has 0 aliphatic heterocycles. The van der Waals surface area contributed by atoms with E-state index in [4.69, 9.17) is 5.73 Å². The van der Waals surface area contributed by atoms with Gasteiger partial charge in [-0.2, -0.15) is 0 Å². The molecule has 2 N–H and O–H groups in total. The van der Waals surface area contributed by atoms with Crippen LogP contribution in [0.25, 0.3) is 0 Å². The van der Waals surface area contributed by atoms with Crippen molar-refractivity contribution in [3.05, 3.63) is 29.6 Å². The van der Waals surface area contributed by atoms with Crippen molar-refractivity contribution in [2.24, 2.45) is 5.73 Å². The maximum absolute atomic E-state index is 11.6. The molecule has 14 heavy (non-hydrogen) atoms. The van der Waals surface area contributed by atoms with Crippen molar-refractivity contribution < 1.29 is 4.79 Å². The Kier molecular flexibility index (Phi) is 3.59. The van der Waals surface area contributed by atoms with Crippen molar-refractivity contribution in [1.29, 1.82) is 0 Å². The first-order valence-electron chi connectivity index (χ1n) is 4.52. The molecule has 0 radical (unpaired) electrons. The quantitative estimate of drug-likeness (QED) is 0.750. The first kappa shape index (κ1) is 10.7. The van der Waals surface area contributed by atoms with Gasteiger partial charge in [0.05, 0.1) is 0 Å². The van der Waals surface area contributed by atoms with Crippen LogP contribution in [-0.2, 0) is 6.42 Å². The number of amides is 1. The third-order valence-corrected chi connectivity index (χ3v) is 1.87. The van der Waals surface area contributed by atoms with Crippen LogP contribution in [0, 0.1) is 0 Å². The molecule has 0 aromatic carbocycles. The lowest BCUT2D eigenvalue weighted by Gasteiger charge is -2.10. The van der Waals surface area contributed by atoms with Crippen molar-refractivity contribution in [1.82, 2.24) is 9.88 Å². The normalized spacial score (nSPS) is 9.93. The number of hydrogen-bond acceptors (Lipinski definition) is 3. The van der Waals surface area contributed by atoms with E-state index in [0.717, 1.165) is 5.69 Å². The molecule has 4 nitrogen and oxygen atoms in total. The van der Waals surface area contributed by atoms with Crippen molar-refractivity contribution in [2.45, 2.75) is 6.42 Å². The molecule has 1 heterocycles. The molecule has 0 bridgehead atoms. The van der Waals surface area contributed by atoms with Gasteiger partial charge < -0.3 is 10.6 Å². The van der Waals surface area contributed by atoms with Crippen LogP contribution in [0.3, 0.4) is 0 Å². The fourth-order valence-electron chi connectivity index (χ4n) is 1.15. The molecule has 0 saturated heterocycles. The minimum Gasteiger partial charge on any atom is -0.345 e. The SMILES string of the molecule is CN(C)C(=O)c1ccnc(CCN)c1. The average molecular weight is 193 g/mol. The minimum atomic E-state index is -0.00864. The van der Waals surface area contributed by atoms with Gasteiger partial charge in [0.15, 0.2) is 0 Å². The van der Waals surface area contributed by atoms with Crippen LogP contribution in [0.2, 0.25) is 0 Å². The zero-order chi connectivity index (χ0) is 10.6. The summed E-state index contributed by atoms with van der Waals surface area (Å²) in [5, 5.41) is 0. The Morgan fingerprint density at radius 1 is 1.57 bits per heavy atom. The lowest BCUT2D eigenvalue weighted by molar-refractivity contribution is 0.0827. The van der Waals surface area contributed by atoms with Gasteiger partial charge in [0, 0.05) is 38.0 Å². The zero-order valence-corrected chi connectivity index (χ0v) is 8.53. The van der Waals surface area contributed by atoms with E-state index in [1.807, 2.05) is 0 Å². The first-order valence-corrected chi connectivity index (χ1v) is 4.52. The standard InChI is InChI=1S/C10H15N3O/c1-13(2)10(14)8-4-6-12-9(7-8)3-5-11/h4,6-7H,3,5,11H2,1-2H3. The number of nitrogens with zero attached hydrogens (tertiary/aromatic N) is 2. The molecule has 1 aromatic rings. The number of nitrogens with two attached hydrogens (primary N) is 1. The van der Waals surface area contributed by atoms with Gasteiger partial charge in [-0.1, -0.05) is 0 Å². The maximum atomic E-state index is 11.6. The summed E-state index contributed by atoms with van der Waals surface area (Å²) in [5.41, 5.74) is 6.93. The summed E-state index contributed by atoms with van der Waals surface area (Å²) < 4.78 is 0. The van der Waals surface area contributed by atoms with Crippen LogP contribution in [0.15, 0.2) is 18.3 Å². The van der Waals surface area contributed by atoms with Crippen molar-refractivity contribution >= 4 is 5.91 Å². The Balaban J connectivity index is 2.88. The number of carbonyl (C=O) groups excluding carboxylic acids is 1. The fraction of sp³-hybridized carbons (Fsp3) is 0.400. The Bertz CT molecular complexity index is 323. The van der Waals surface area contributed by atoms with Crippen molar-refractivity contribution in [3.63, 3.8) is 0 Å². The van der Waals surface area contributed by atoms with Gasteiger partial charge in [0.2, 0.25) is 0 Å². The summed E-state index contributed by atoms with van der Waals surface area (Å²) in [4.78, 5) is 17.2. The van der Waals surface area contributed by atoms with E-state index in [-0.39, 0.29) is 5.91 Å². The zero-order valence-electron chi connectivity index (χ0n) is 8.53. The second kappa shape index (κ2) is 4.72. The van der Waals surface area contributed by atoms with Gasteiger partial charge in [-0.3, -0.25) is 9.78 Å². The van der Waals surface area contributed by atoms with E-state index < -0.39 is 0 Å². The average Bonchev–Trinajstić information content (AvgIpc) is 2.17. The van der Waals surface area contributed by atoms with Crippen LogP contribution in [0.4, 0.5) is 0 Å². The summed E-state index contributed by atoms with van der Waals surface area (Å²) in [6.07, 6.45) is 2.34. The molecular formula is C10H15N3O. The highest BCUT2D eigenvalue weighted by Crippen LogP contribution is 2.04. The van der Waals surface area contributed by atoms with E-state index >= 15 is 0 Å². The van der Waals surface area contributed by atoms with E-state index in [9.17, 15) is 4.79 Å². The van der Waals surface area contributed by atoms with Gasteiger partial charge >= 0.3 is 0 Å². The molecular weight excluding hydrogens is 178 g/mol. The fourth-order valence-corrected chi connectivity index (χ4v) is 1.15. The summed E-state index contributed by atoms with van der Waals surface area (Å²) in [6, 6.07) is 3.50. The largest absolute Gasteiger partial charge is 0.345 e. The third kappa shape index (κ3) is 2.53. The van der Waals surface area contributed by atoms with Crippen molar-refractivity contribution in [3.8, 4) is 0 Å². The molecule has 0 spiro atoms. The summed E-state index contributed by atoms with van der Waals surface area (Å²) in [7, 11) is 3.46. The van der Waals surface area contributed by atoms with E-state index in [1.54, 1.807) is 37.3 Å². The van der Waals surface area contributed by atoms with Gasteiger partial charge in [-0.05, 0) is 18.7 Å². The maximum Gasteiger partial charge on any atom is 0.253 e. The Morgan fingerprint density at radius 3 is 2.86 bits per heavy atom. The van der Waals surface area contributed by atoms with Gasteiger partial charge in [-0.25, -0.2) is 0 Å². The molecule has 0 atom stereocenters. The Labute approximate surface area is 83.7 Å². The second-order valence-electron chi connectivity index (χ2n) is 3.27. The van der Waals surface area contributed by atoms with Crippen LogP contribution in [0.5, 0.6) is 0 Å². The monoisotopic (exact) mass is 193 g/mol. The number of pyridine rings is 1. The molecule has 0 aliphatic carbocycles. The van der Waals surface area contributed by atoms with Crippen LogP contribution >= 0.6 is 0 Å². The highest BCUT2D eigenvalue weighted by atomic mass is 16.2. The number of rotatable bonds is 3. The lowest BCUT2D eigenvalue weighted by Crippen LogP contribution is -2.22. The third-order valence-electron chi connectivity index (χ3n) is 1.87. The smallest absolute Gasteiger partial charge is 0.253 e. The highest BCUT2D eigenvalue weighted by molar-refractivity contribution is 5.93. The molecule has 76 valence electrons. The van der Waals surface area contributed by atoms with Gasteiger partial charge in [-0.15, -0.1) is 0 Å². The Hall–Kier alpha value is -1.42. The van der Waals surface area contributed by atoms with E-state index in [0.29, 0.717) is 18.5 Å². The molecule has 0 saturated carbocycles. The topological polar surface area (TPSA) is 59.2 Å². The number of carbonyl (C=O) groups is 1. The molecule has 0 fully saturated rings. The van der Waals surface area contributed by atoms with Gasteiger partial charge in [0.1, 0.15) is 0 Å². The second-order valence-corrected chi connectivity index (χ2v) is 3.27. The van der Waals surface area contributed by atoms with Crippen LogP contribution in [0.1, 0.15) is 16.1 Å². The van der Waals surface area contributed by atoms with Crippen LogP contribution < -0.4 is 5.73 Å². The number of hydrogen-bond donors (Lipinski definition) is 1. The molecule has 0 aliphatic rings. The van der Waals surface area contributed by atoms with Crippen LogP contribution in [-0.4, -0.2) is 36.4 Å². The van der Waals surface area contributed by atoms with E-state index in [2.05, 4.69) is 4.98 Å². The predicted octanol–water partition coefficient (Wildman–Crippen LogP) is 0.285. The van der Waals surface area contributed by atoms with E-state index in [1.165, 1.54) is 0 Å². The molecule has 1 amide bonds. The molecule has 1 aromatic heterocycles. The summed E-state index contributed by atoms with van der Waals surface area (Å²) >= 11 is 0. The number of aromatic nitrogens is 1. The summed E-state index contributed by atoms with van der Waals surface area (Å²) in [6.45, 7) is 0.548. The molecule has 4 heteroatoms. The molecule has 1 rings (SSSR count). The minimum absolute atomic E-state index is 0.00864. The summed E-state index contributed by atoms with van der Waals surface area (Å²) in [5.74, 6) is -0.00864.